The number of ether oxygens (including phenoxy) is 8. The van der Waals surface area contributed by atoms with E-state index in [2.05, 4.69) is 9.97 Å². The number of anilines is 2. The molecule has 8 atom stereocenters. The maximum absolute atomic E-state index is 12.2. The highest BCUT2D eigenvalue weighted by atomic mass is 16.8. The van der Waals surface area contributed by atoms with E-state index in [1.54, 1.807) is 55.4 Å². The smallest absolute Gasteiger partial charge is 0.351 e. The van der Waals surface area contributed by atoms with Crippen LogP contribution in [0.5, 0.6) is 0 Å². The Morgan fingerprint density at radius 2 is 1.20 bits per heavy atom. The number of rotatable bonds is 9. The van der Waals surface area contributed by atoms with Crippen molar-refractivity contribution in [1.82, 2.24) is 19.1 Å². The summed E-state index contributed by atoms with van der Waals surface area (Å²) in [7, 11) is 0. The second-order valence-electron chi connectivity index (χ2n) is 14.0. The molecule has 2 aromatic heterocycles. The first-order valence-electron chi connectivity index (χ1n) is 16.6. The zero-order valence-electron chi connectivity index (χ0n) is 29.7. The molecule has 4 saturated heterocycles. The lowest BCUT2D eigenvalue weighted by Crippen LogP contribution is -2.35. The zero-order chi connectivity index (χ0) is 37.4. The Bertz CT molecular complexity index is 1690. The first-order chi connectivity index (χ1) is 23.9. The van der Waals surface area contributed by atoms with Crippen LogP contribution in [0, 0.1) is 11.8 Å². The quantitative estimate of drug-likeness (QED) is 0.243. The van der Waals surface area contributed by atoms with E-state index in [9.17, 15) is 19.2 Å². The van der Waals surface area contributed by atoms with Gasteiger partial charge in [-0.1, -0.05) is 27.7 Å². The highest BCUT2D eigenvalue weighted by Crippen LogP contribution is 2.44. The van der Waals surface area contributed by atoms with Crippen molar-refractivity contribution in [3.63, 3.8) is 0 Å². The first kappa shape index (κ1) is 38.3. The van der Waals surface area contributed by atoms with Crippen molar-refractivity contribution in [2.45, 2.75) is 116 Å². The van der Waals surface area contributed by atoms with Gasteiger partial charge in [0.05, 0.1) is 11.8 Å². The Balaban J connectivity index is 0.000000198. The lowest BCUT2D eigenvalue weighted by Gasteiger charge is -2.24. The predicted octanol–water partition coefficient (Wildman–Crippen LogP) is 1.10. The van der Waals surface area contributed by atoms with Crippen molar-refractivity contribution in [3.05, 3.63) is 45.5 Å². The van der Waals surface area contributed by atoms with Gasteiger partial charge < -0.3 is 43.6 Å². The SMILES string of the molecule is CC(C)C(=O)OC[C@H]1O[C@@H](n2ccc(N)nc2=O)[C@@H]2OC(C)(C)O[C@@H]21.CC(C)C(=O)OC[C@H]1O[C@@H](n2ccc(NO)nc2=O)[C@@H]2OC(C)(C)O[C@@H]21. The molecule has 4 aliphatic rings. The summed E-state index contributed by atoms with van der Waals surface area (Å²) in [5, 5.41) is 8.86. The Labute approximate surface area is 293 Å². The molecule has 19 nitrogen and oxygen atoms in total. The Morgan fingerprint density at radius 3 is 1.59 bits per heavy atom. The number of aromatic nitrogens is 4. The Kier molecular flexibility index (Phi) is 11.2. The molecule has 6 heterocycles. The van der Waals surface area contributed by atoms with Gasteiger partial charge in [0.2, 0.25) is 0 Å². The molecule has 0 spiro atoms. The number of hydrogen-bond acceptors (Lipinski definition) is 17. The number of nitrogen functional groups attached to an aromatic ring is 1. The first-order valence-corrected chi connectivity index (χ1v) is 16.6. The van der Waals surface area contributed by atoms with Gasteiger partial charge >= 0.3 is 23.3 Å². The number of hydrogen-bond donors (Lipinski definition) is 3. The number of carbonyl (C=O) groups excluding carboxylic acids is 2. The minimum Gasteiger partial charge on any atom is -0.463 e. The van der Waals surface area contributed by atoms with E-state index >= 15 is 0 Å². The second-order valence-corrected chi connectivity index (χ2v) is 14.0. The van der Waals surface area contributed by atoms with Crippen LogP contribution in [0.4, 0.5) is 11.6 Å². The molecule has 19 heteroatoms. The van der Waals surface area contributed by atoms with Crippen LogP contribution < -0.4 is 22.6 Å². The van der Waals surface area contributed by atoms with Crippen LogP contribution in [0.25, 0.3) is 0 Å². The molecule has 6 rings (SSSR count). The second kappa shape index (κ2) is 14.9. The van der Waals surface area contributed by atoms with Gasteiger partial charge in [-0.2, -0.15) is 9.97 Å². The molecule has 282 valence electrons. The van der Waals surface area contributed by atoms with Crippen LogP contribution >= 0.6 is 0 Å². The lowest BCUT2D eigenvalue weighted by atomic mass is 10.1. The van der Waals surface area contributed by atoms with E-state index in [1.165, 1.54) is 33.7 Å². The van der Waals surface area contributed by atoms with Crippen LogP contribution in [-0.4, -0.2) is 97.7 Å². The highest BCUT2D eigenvalue weighted by Gasteiger charge is 2.57. The van der Waals surface area contributed by atoms with E-state index in [-0.39, 0.29) is 48.6 Å². The monoisotopic (exact) mass is 722 g/mol. The minimum absolute atomic E-state index is 0.00736. The molecular formula is C32H46N6O13. The van der Waals surface area contributed by atoms with Crippen LogP contribution in [0.2, 0.25) is 0 Å². The number of fused-ring (bicyclic) bond motifs is 2. The van der Waals surface area contributed by atoms with Gasteiger partial charge in [0.25, 0.3) is 0 Å². The van der Waals surface area contributed by atoms with Crippen molar-refractivity contribution in [3.8, 4) is 0 Å². The van der Waals surface area contributed by atoms with Crippen molar-refractivity contribution < 1.29 is 52.7 Å². The molecule has 0 aliphatic carbocycles. The normalized spacial score (nSPS) is 30.0. The van der Waals surface area contributed by atoms with Crippen LogP contribution in [0.15, 0.2) is 34.1 Å². The lowest BCUT2D eigenvalue weighted by molar-refractivity contribution is -0.203. The molecule has 0 aromatic carbocycles. The maximum atomic E-state index is 12.2. The molecule has 0 amide bonds. The van der Waals surface area contributed by atoms with Crippen molar-refractivity contribution in [1.29, 1.82) is 0 Å². The number of esters is 2. The third-order valence-corrected chi connectivity index (χ3v) is 8.32. The van der Waals surface area contributed by atoms with Gasteiger partial charge in [-0.25, -0.2) is 9.59 Å². The fourth-order valence-corrected chi connectivity index (χ4v) is 5.98. The third-order valence-electron chi connectivity index (χ3n) is 8.32. The number of nitrogens with one attached hydrogen (secondary N) is 1. The fraction of sp³-hybridized carbons (Fsp3) is 0.688. The highest BCUT2D eigenvalue weighted by molar-refractivity contribution is 5.71. The molecule has 2 aromatic rings. The molecule has 51 heavy (non-hydrogen) atoms. The summed E-state index contributed by atoms with van der Waals surface area (Å²) in [5.74, 6) is -2.71. The fourth-order valence-electron chi connectivity index (χ4n) is 5.98. The third kappa shape index (κ3) is 8.57. The van der Waals surface area contributed by atoms with Crippen molar-refractivity contribution >= 4 is 23.6 Å². The summed E-state index contributed by atoms with van der Waals surface area (Å²) >= 11 is 0. The summed E-state index contributed by atoms with van der Waals surface area (Å²) in [5.41, 5.74) is 6.18. The van der Waals surface area contributed by atoms with E-state index in [1.807, 2.05) is 5.48 Å². The largest absolute Gasteiger partial charge is 0.463 e. The summed E-state index contributed by atoms with van der Waals surface area (Å²) < 4.78 is 48.5. The number of nitrogens with two attached hydrogens (primary N) is 1. The van der Waals surface area contributed by atoms with E-state index < -0.39 is 72.0 Å². The van der Waals surface area contributed by atoms with Crippen LogP contribution in [0.1, 0.15) is 67.8 Å². The van der Waals surface area contributed by atoms with Crippen molar-refractivity contribution in [2.24, 2.45) is 11.8 Å². The van der Waals surface area contributed by atoms with Crippen molar-refractivity contribution in [2.75, 3.05) is 24.4 Å². The minimum atomic E-state index is -0.860. The average molecular weight is 723 g/mol. The van der Waals surface area contributed by atoms with Gasteiger partial charge in [0.1, 0.15) is 55.7 Å². The number of carbonyl (C=O) groups is 2. The zero-order valence-corrected chi connectivity index (χ0v) is 29.7. The van der Waals surface area contributed by atoms with E-state index in [4.69, 9.17) is 48.8 Å². The summed E-state index contributed by atoms with van der Waals surface area (Å²) in [6.45, 7) is 14.1. The van der Waals surface area contributed by atoms with E-state index in [0.29, 0.717) is 0 Å². The Morgan fingerprint density at radius 1 is 0.784 bits per heavy atom. The van der Waals surface area contributed by atoms with Gasteiger partial charge in [-0.15, -0.1) is 0 Å². The predicted molar refractivity (Wildman–Crippen MR) is 174 cm³/mol. The summed E-state index contributed by atoms with van der Waals surface area (Å²) in [6.07, 6.45) is -1.80. The van der Waals surface area contributed by atoms with Crippen LogP contribution in [-0.2, 0) is 47.5 Å². The molecule has 0 radical (unpaired) electrons. The summed E-state index contributed by atoms with van der Waals surface area (Å²) in [6, 6.07) is 2.93. The van der Waals surface area contributed by atoms with Gasteiger partial charge in [0.15, 0.2) is 29.8 Å². The van der Waals surface area contributed by atoms with Gasteiger partial charge in [-0.05, 0) is 39.8 Å². The standard InChI is InChI=1S/C16H23N3O7.C16H23N3O6/c1-8(2)14(20)23-7-9-11-12(26-16(3,4)25-11)13(24-9)19-6-5-10(18-22)17-15(19)21;1-8(2)14(20)22-7-9-11-12(25-16(3,4)24-11)13(23-9)19-6-5-10(17)18-15(19)21/h5-6,8-9,11-13,22H,7H2,1-4H3,(H,17,18,21);5-6,8-9,11-13H,7H2,1-4H3,(H2,17,18,21)/t2*9-,11-,12-,13-/m11/s1. The molecule has 4 N–H and O–H groups in total. The Hall–Kier alpha value is -3.98. The molecule has 0 unspecified atom stereocenters. The van der Waals surface area contributed by atoms with Gasteiger partial charge in [-0.3, -0.25) is 29.4 Å². The topological polar surface area (TPSA) is 236 Å². The van der Waals surface area contributed by atoms with E-state index in [0.717, 1.165) is 0 Å². The molecule has 4 fully saturated rings. The molecule has 4 aliphatic heterocycles. The maximum Gasteiger partial charge on any atom is 0.351 e. The molecule has 0 bridgehead atoms. The van der Waals surface area contributed by atoms with Gasteiger partial charge in [0, 0.05) is 12.4 Å². The van der Waals surface area contributed by atoms with Crippen LogP contribution in [0.3, 0.4) is 0 Å². The number of nitrogens with zero attached hydrogens (tertiary/aromatic N) is 4. The summed E-state index contributed by atoms with van der Waals surface area (Å²) in [4.78, 5) is 55.3. The average Bonchev–Trinajstić information content (AvgIpc) is 3.75. The molecule has 0 saturated carbocycles. The molecular weight excluding hydrogens is 676 g/mol.